The molecule has 1 saturated carbocycles. The van der Waals surface area contributed by atoms with Gasteiger partial charge in [0.25, 0.3) is 0 Å². The second kappa shape index (κ2) is 5.32. The van der Waals surface area contributed by atoms with Crippen molar-refractivity contribution in [2.45, 2.75) is 57.2 Å². The monoisotopic (exact) mass is 264 g/mol. The number of rotatable bonds is 5. The summed E-state index contributed by atoms with van der Waals surface area (Å²) in [5.74, 6) is 0. The summed E-state index contributed by atoms with van der Waals surface area (Å²) in [6.07, 6.45) is 6.88. The van der Waals surface area contributed by atoms with Gasteiger partial charge in [-0.15, -0.1) is 11.3 Å². The first kappa shape index (κ1) is 12.6. The van der Waals surface area contributed by atoms with E-state index in [1.807, 2.05) is 11.3 Å². The lowest BCUT2D eigenvalue weighted by Gasteiger charge is -2.39. The van der Waals surface area contributed by atoms with Gasteiger partial charge in [-0.25, -0.2) is 0 Å². The highest BCUT2D eigenvalue weighted by atomic mass is 32.1. The van der Waals surface area contributed by atoms with E-state index in [1.165, 1.54) is 50.1 Å². The normalized spacial score (nSPS) is 28.8. The number of hydrogen-bond donors (Lipinski definition) is 1. The zero-order valence-corrected chi connectivity index (χ0v) is 12.1. The molecule has 1 aromatic heterocycles. The SMILES string of the molecule is CC1(CN(Cc2cccs2)C2CC2)CCCCN1. The van der Waals surface area contributed by atoms with Gasteiger partial charge in [-0.1, -0.05) is 12.5 Å². The Kier molecular flexibility index (Phi) is 3.73. The maximum atomic E-state index is 3.75. The minimum absolute atomic E-state index is 0.345. The summed E-state index contributed by atoms with van der Waals surface area (Å²) < 4.78 is 0. The van der Waals surface area contributed by atoms with Crippen LogP contribution in [0.25, 0.3) is 0 Å². The first-order chi connectivity index (χ1) is 8.75. The van der Waals surface area contributed by atoms with Crippen molar-refractivity contribution >= 4 is 11.3 Å². The van der Waals surface area contributed by atoms with Crippen molar-refractivity contribution < 1.29 is 0 Å². The smallest absolute Gasteiger partial charge is 0.0331 e. The van der Waals surface area contributed by atoms with Crippen molar-refractivity contribution in [2.24, 2.45) is 0 Å². The highest BCUT2D eigenvalue weighted by Crippen LogP contribution is 2.32. The summed E-state index contributed by atoms with van der Waals surface area (Å²) in [7, 11) is 0. The fourth-order valence-electron chi connectivity index (χ4n) is 3.06. The van der Waals surface area contributed by atoms with Crippen molar-refractivity contribution in [2.75, 3.05) is 13.1 Å². The molecule has 2 heterocycles. The minimum atomic E-state index is 0.345. The van der Waals surface area contributed by atoms with Crippen LogP contribution in [0, 0.1) is 0 Å². The summed E-state index contributed by atoms with van der Waals surface area (Å²) in [6.45, 7) is 5.99. The molecule has 0 bridgehead atoms. The summed E-state index contributed by atoms with van der Waals surface area (Å²) in [6, 6.07) is 5.30. The molecule has 0 radical (unpaired) electrons. The third-order valence-electron chi connectivity index (χ3n) is 4.26. The van der Waals surface area contributed by atoms with Gasteiger partial charge >= 0.3 is 0 Å². The van der Waals surface area contributed by atoms with Crippen LogP contribution in [0.3, 0.4) is 0 Å². The minimum Gasteiger partial charge on any atom is -0.310 e. The molecule has 1 aliphatic heterocycles. The van der Waals surface area contributed by atoms with Crippen LogP contribution in [-0.4, -0.2) is 29.6 Å². The van der Waals surface area contributed by atoms with Crippen LogP contribution in [0.1, 0.15) is 43.9 Å². The molecule has 1 saturated heterocycles. The predicted molar refractivity (Wildman–Crippen MR) is 78.0 cm³/mol. The number of piperidine rings is 1. The van der Waals surface area contributed by atoms with Crippen molar-refractivity contribution in [3.63, 3.8) is 0 Å². The summed E-state index contributed by atoms with van der Waals surface area (Å²) in [4.78, 5) is 4.23. The molecule has 1 N–H and O–H groups in total. The maximum Gasteiger partial charge on any atom is 0.0331 e. The van der Waals surface area contributed by atoms with Gasteiger partial charge in [-0.3, -0.25) is 4.90 Å². The Labute approximate surface area is 114 Å². The first-order valence-corrected chi connectivity index (χ1v) is 8.15. The Bertz CT molecular complexity index is 364. The fourth-order valence-corrected chi connectivity index (χ4v) is 3.79. The average Bonchev–Trinajstić information content (AvgIpc) is 3.09. The molecule has 0 amide bonds. The number of thiophene rings is 1. The standard InChI is InChI=1S/C15H24N2S/c1-15(8-2-3-9-16-15)12-17(13-6-7-13)11-14-5-4-10-18-14/h4-5,10,13,16H,2-3,6-9,11-12H2,1H3. The van der Waals surface area contributed by atoms with Crippen molar-refractivity contribution in [3.05, 3.63) is 22.4 Å². The predicted octanol–water partition coefficient (Wildman–Crippen LogP) is 3.24. The quantitative estimate of drug-likeness (QED) is 0.878. The zero-order chi connectivity index (χ0) is 12.4. The number of nitrogens with one attached hydrogen (secondary N) is 1. The zero-order valence-electron chi connectivity index (χ0n) is 11.3. The first-order valence-electron chi connectivity index (χ1n) is 7.27. The van der Waals surface area contributed by atoms with Gasteiger partial charge in [0.2, 0.25) is 0 Å². The highest BCUT2D eigenvalue weighted by Gasteiger charge is 2.35. The summed E-state index contributed by atoms with van der Waals surface area (Å²) in [5, 5.41) is 5.95. The Morgan fingerprint density at radius 1 is 1.44 bits per heavy atom. The van der Waals surface area contributed by atoms with Crippen molar-refractivity contribution in [3.8, 4) is 0 Å². The molecule has 1 unspecified atom stereocenters. The van der Waals surface area contributed by atoms with E-state index in [0.717, 1.165) is 12.6 Å². The van der Waals surface area contributed by atoms with Gasteiger partial charge in [0.05, 0.1) is 0 Å². The Morgan fingerprint density at radius 3 is 2.94 bits per heavy atom. The Morgan fingerprint density at radius 2 is 2.33 bits per heavy atom. The van der Waals surface area contributed by atoms with Crippen LogP contribution < -0.4 is 5.32 Å². The van der Waals surface area contributed by atoms with Crippen molar-refractivity contribution in [1.82, 2.24) is 10.2 Å². The lowest BCUT2D eigenvalue weighted by atomic mass is 9.90. The lowest BCUT2D eigenvalue weighted by molar-refractivity contribution is 0.152. The van der Waals surface area contributed by atoms with Gasteiger partial charge in [0, 0.05) is 29.5 Å². The van der Waals surface area contributed by atoms with Gasteiger partial charge in [0.15, 0.2) is 0 Å². The molecule has 0 spiro atoms. The van der Waals surface area contributed by atoms with Crippen molar-refractivity contribution in [1.29, 1.82) is 0 Å². The van der Waals surface area contributed by atoms with E-state index in [9.17, 15) is 0 Å². The Balaban J connectivity index is 1.62. The molecule has 2 fully saturated rings. The van der Waals surface area contributed by atoms with E-state index in [1.54, 1.807) is 0 Å². The van der Waals surface area contributed by atoms with Gasteiger partial charge in [0.1, 0.15) is 0 Å². The van der Waals surface area contributed by atoms with Crippen LogP contribution in [-0.2, 0) is 6.54 Å². The molecule has 3 rings (SSSR count). The van der Waals surface area contributed by atoms with Crippen LogP contribution in [0.5, 0.6) is 0 Å². The second-order valence-electron chi connectivity index (χ2n) is 6.16. The molecule has 0 aromatic carbocycles. The molecular weight excluding hydrogens is 240 g/mol. The third kappa shape index (κ3) is 3.14. The topological polar surface area (TPSA) is 15.3 Å². The third-order valence-corrected chi connectivity index (χ3v) is 5.12. The van der Waals surface area contributed by atoms with E-state index >= 15 is 0 Å². The highest BCUT2D eigenvalue weighted by molar-refractivity contribution is 7.09. The molecule has 2 nitrogen and oxygen atoms in total. The second-order valence-corrected chi connectivity index (χ2v) is 7.19. The summed E-state index contributed by atoms with van der Waals surface area (Å²) >= 11 is 1.90. The van der Waals surface area contributed by atoms with E-state index in [-0.39, 0.29) is 0 Å². The molecule has 3 heteroatoms. The van der Waals surface area contributed by atoms with E-state index < -0.39 is 0 Å². The number of nitrogens with zero attached hydrogens (tertiary/aromatic N) is 1. The van der Waals surface area contributed by atoms with Crippen LogP contribution >= 0.6 is 11.3 Å². The average molecular weight is 264 g/mol. The molecule has 1 atom stereocenters. The largest absolute Gasteiger partial charge is 0.310 e. The van der Waals surface area contributed by atoms with Crippen LogP contribution in [0.15, 0.2) is 17.5 Å². The fraction of sp³-hybridized carbons (Fsp3) is 0.733. The number of hydrogen-bond acceptors (Lipinski definition) is 3. The van der Waals surface area contributed by atoms with Gasteiger partial charge in [-0.05, 0) is 50.6 Å². The van der Waals surface area contributed by atoms with Gasteiger partial charge in [-0.2, -0.15) is 0 Å². The van der Waals surface area contributed by atoms with Crippen LogP contribution in [0.2, 0.25) is 0 Å². The Hall–Kier alpha value is -0.380. The molecule has 2 aliphatic rings. The molecular formula is C15H24N2S. The van der Waals surface area contributed by atoms with E-state index in [4.69, 9.17) is 0 Å². The lowest BCUT2D eigenvalue weighted by Crippen LogP contribution is -2.53. The van der Waals surface area contributed by atoms with Crippen LogP contribution in [0.4, 0.5) is 0 Å². The van der Waals surface area contributed by atoms with E-state index in [2.05, 4.69) is 34.7 Å². The molecule has 100 valence electrons. The molecule has 1 aliphatic carbocycles. The summed E-state index contributed by atoms with van der Waals surface area (Å²) in [5.41, 5.74) is 0.345. The van der Waals surface area contributed by atoms with Gasteiger partial charge < -0.3 is 5.32 Å². The molecule has 18 heavy (non-hydrogen) atoms. The maximum absolute atomic E-state index is 3.75. The molecule has 1 aromatic rings. The van der Waals surface area contributed by atoms with E-state index in [0.29, 0.717) is 5.54 Å².